The SMILES string of the molecule is C[C@@H]1CCc2c(sc3ncnc(SCC(=O)N4CCc5ccccc54)c23)C1. The summed E-state index contributed by atoms with van der Waals surface area (Å²) in [5.74, 6) is 1.32. The molecule has 0 spiro atoms. The fourth-order valence-corrected chi connectivity index (χ4v) is 6.48. The molecular formula is C21H21N3OS2. The van der Waals surface area contributed by atoms with Crippen molar-refractivity contribution in [2.75, 3.05) is 17.2 Å². The van der Waals surface area contributed by atoms with Crippen LogP contribution in [0.2, 0.25) is 0 Å². The van der Waals surface area contributed by atoms with E-state index in [9.17, 15) is 4.79 Å². The lowest BCUT2D eigenvalue weighted by Gasteiger charge is -2.18. The van der Waals surface area contributed by atoms with Crippen molar-refractivity contribution < 1.29 is 4.79 Å². The number of aromatic nitrogens is 2. The van der Waals surface area contributed by atoms with Crippen LogP contribution in [0, 0.1) is 5.92 Å². The van der Waals surface area contributed by atoms with E-state index in [-0.39, 0.29) is 5.91 Å². The molecule has 1 aliphatic carbocycles. The highest BCUT2D eigenvalue weighted by Gasteiger charge is 2.26. The van der Waals surface area contributed by atoms with Crippen molar-refractivity contribution in [3.63, 3.8) is 0 Å². The average molecular weight is 396 g/mol. The predicted molar refractivity (Wildman–Crippen MR) is 112 cm³/mol. The standard InChI is InChI=1S/C21H21N3OS2/c1-13-6-7-15-17(10-13)27-21-19(15)20(22-12-23-21)26-11-18(25)24-9-8-14-4-2-3-5-16(14)24/h2-5,12-13H,6-11H2,1H3/t13-/m1/s1. The lowest BCUT2D eigenvalue weighted by atomic mass is 9.89. The van der Waals surface area contributed by atoms with Gasteiger partial charge in [0.25, 0.3) is 0 Å². The molecule has 1 aliphatic heterocycles. The van der Waals surface area contributed by atoms with Crippen LogP contribution >= 0.6 is 23.1 Å². The molecule has 0 bridgehead atoms. The number of carbonyl (C=O) groups excluding carboxylic acids is 1. The molecule has 2 aliphatic rings. The summed E-state index contributed by atoms with van der Waals surface area (Å²) in [4.78, 5) is 26.4. The number of para-hydroxylation sites is 1. The first kappa shape index (κ1) is 17.2. The maximum absolute atomic E-state index is 12.9. The van der Waals surface area contributed by atoms with Gasteiger partial charge in [0.15, 0.2) is 0 Å². The van der Waals surface area contributed by atoms with Crippen LogP contribution in [0.25, 0.3) is 10.2 Å². The zero-order valence-corrected chi connectivity index (χ0v) is 16.9. The van der Waals surface area contributed by atoms with Crippen LogP contribution in [0.5, 0.6) is 0 Å². The van der Waals surface area contributed by atoms with Gasteiger partial charge in [-0.05, 0) is 48.8 Å². The molecule has 1 atom stereocenters. The molecule has 6 heteroatoms. The molecule has 0 saturated carbocycles. The lowest BCUT2D eigenvalue weighted by Crippen LogP contribution is -2.30. The van der Waals surface area contributed by atoms with E-state index in [0.29, 0.717) is 5.75 Å². The molecule has 3 aromatic rings. The topological polar surface area (TPSA) is 46.1 Å². The van der Waals surface area contributed by atoms with Crippen LogP contribution in [-0.2, 0) is 24.1 Å². The van der Waals surface area contributed by atoms with Gasteiger partial charge in [0.05, 0.1) is 5.75 Å². The first-order valence-corrected chi connectivity index (χ1v) is 11.3. The third kappa shape index (κ3) is 3.05. The first-order chi connectivity index (χ1) is 13.2. The normalized spacial score (nSPS) is 18.6. The van der Waals surface area contributed by atoms with E-state index in [2.05, 4.69) is 23.0 Å². The number of benzene rings is 1. The van der Waals surface area contributed by atoms with Crippen molar-refractivity contribution in [1.82, 2.24) is 9.97 Å². The van der Waals surface area contributed by atoms with Crippen molar-refractivity contribution >= 4 is 44.9 Å². The highest BCUT2D eigenvalue weighted by Crippen LogP contribution is 2.40. The minimum Gasteiger partial charge on any atom is -0.311 e. The molecule has 2 aromatic heterocycles. The van der Waals surface area contributed by atoms with Crippen molar-refractivity contribution in [2.24, 2.45) is 5.92 Å². The Balaban J connectivity index is 1.39. The molecule has 138 valence electrons. The Labute approximate surface area is 167 Å². The van der Waals surface area contributed by atoms with Crippen LogP contribution in [0.3, 0.4) is 0 Å². The molecule has 27 heavy (non-hydrogen) atoms. The number of hydrogen-bond donors (Lipinski definition) is 0. The number of thioether (sulfide) groups is 1. The molecule has 3 heterocycles. The van der Waals surface area contributed by atoms with E-state index >= 15 is 0 Å². The fourth-order valence-electron chi connectivity index (χ4n) is 4.16. The molecule has 0 saturated heterocycles. The van der Waals surface area contributed by atoms with Crippen LogP contribution < -0.4 is 4.90 Å². The molecular weight excluding hydrogens is 374 g/mol. The Morgan fingerprint density at radius 1 is 1.30 bits per heavy atom. The number of fused-ring (bicyclic) bond motifs is 4. The number of thiophene rings is 1. The summed E-state index contributed by atoms with van der Waals surface area (Å²) in [7, 11) is 0. The third-order valence-corrected chi connectivity index (χ3v) is 7.71. The predicted octanol–water partition coefficient (Wildman–Crippen LogP) is 4.50. The lowest BCUT2D eigenvalue weighted by molar-refractivity contribution is -0.116. The van der Waals surface area contributed by atoms with Gasteiger partial charge >= 0.3 is 0 Å². The number of nitrogens with zero attached hydrogens (tertiary/aromatic N) is 3. The second kappa shape index (κ2) is 6.91. The number of amides is 1. The van der Waals surface area contributed by atoms with Crippen LogP contribution in [-0.4, -0.2) is 28.2 Å². The second-order valence-corrected chi connectivity index (χ2v) is 9.47. The molecule has 1 aromatic carbocycles. The average Bonchev–Trinajstić information content (AvgIpc) is 3.27. The van der Waals surface area contributed by atoms with Crippen LogP contribution in [0.4, 0.5) is 5.69 Å². The van der Waals surface area contributed by atoms with Gasteiger partial charge < -0.3 is 4.90 Å². The molecule has 0 N–H and O–H groups in total. The van der Waals surface area contributed by atoms with Crippen molar-refractivity contribution in [1.29, 1.82) is 0 Å². The highest BCUT2D eigenvalue weighted by molar-refractivity contribution is 8.00. The van der Waals surface area contributed by atoms with E-state index in [1.165, 1.54) is 27.8 Å². The van der Waals surface area contributed by atoms with Gasteiger partial charge in [-0.15, -0.1) is 11.3 Å². The maximum Gasteiger partial charge on any atom is 0.237 e. The smallest absolute Gasteiger partial charge is 0.237 e. The quantitative estimate of drug-likeness (QED) is 0.484. The molecule has 0 fully saturated rings. The Morgan fingerprint density at radius 2 is 2.19 bits per heavy atom. The van der Waals surface area contributed by atoms with E-state index in [1.807, 2.05) is 34.4 Å². The van der Waals surface area contributed by atoms with Gasteiger partial charge in [-0.3, -0.25) is 4.79 Å². The third-order valence-electron chi connectivity index (χ3n) is 5.58. The van der Waals surface area contributed by atoms with Gasteiger partial charge in [-0.2, -0.15) is 0 Å². The van der Waals surface area contributed by atoms with E-state index in [4.69, 9.17) is 0 Å². The van der Waals surface area contributed by atoms with Crippen molar-refractivity contribution in [3.05, 3.63) is 46.6 Å². The highest BCUT2D eigenvalue weighted by atomic mass is 32.2. The second-order valence-electron chi connectivity index (χ2n) is 7.42. The van der Waals surface area contributed by atoms with E-state index < -0.39 is 0 Å². The fraction of sp³-hybridized carbons (Fsp3) is 0.381. The summed E-state index contributed by atoms with van der Waals surface area (Å²) in [5, 5.41) is 2.16. The Bertz CT molecular complexity index is 1030. The zero-order chi connectivity index (χ0) is 18.4. The molecule has 1 amide bonds. The summed E-state index contributed by atoms with van der Waals surface area (Å²) in [5.41, 5.74) is 3.76. The first-order valence-electron chi connectivity index (χ1n) is 9.47. The van der Waals surface area contributed by atoms with Gasteiger partial charge in [0.1, 0.15) is 16.2 Å². The Kier molecular flexibility index (Phi) is 4.40. The molecule has 5 rings (SSSR count). The minimum atomic E-state index is 0.162. The van der Waals surface area contributed by atoms with Crippen molar-refractivity contribution in [2.45, 2.75) is 37.6 Å². The van der Waals surface area contributed by atoms with Crippen molar-refractivity contribution in [3.8, 4) is 0 Å². The van der Waals surface area contributed by atoms with Crippen LogP contribution in [0.15, 0.2) is 35.6 Å². The maximum atomic E-state index is 12.9. The molecule has 0 radical (unpaired) electrons. The summed E-state index contributed by atoms with van der Waals surface area (Å²) < 4.78 is 0. The van der Waals surface area contributed by atoms with Gasteiger partial charge in [-0.1, -0.05) is 36.9 Å². The largest absolute Gasteiger partial charge is 0.311 e. The number of carbonyl (C=O) groups is 1. The Hall–Kier alpha value is -1.92. The molecule has 4 nitrogen and oxygen atoms in total. The zero-order valence-electron chi connectivity index (χ0n) is 15.3. The summed E-state index contributed by atoms with van der Waals surface area (Å²) in [6.07, 6.45) is 6.06. The van der Waals surface area contributed by atoms with Gasteiger partial charge in [0, 0.05) is 22.5 Å². The van der Waals surface area contributed by atoms with E-state index in [0.717, 1.165) is 47.3 Å². The Morgan fingerprint density at radius 3 is 3.11 bits per heavy atom. The molecule has 0 unspecified atom stereocenters. The van der Waals surface area contributed by atoms with Gasteiger partial charge in [-0.25, -0.2) is 9.97 Å². The van der Waals surface area contributed by atoms with Gasteiger partial charge in [0.2, 0.25) is 5.91 Å². The number of anilines is 1. The number of aryl methyl sites for hydroxylation is 1. The number of hydrogen-bond acceptors (Lipinski definition) is 5. The van der Waals surface area contributed by atoms with E-state index in [1.54, 1.807) is 18.1 Å². The summed E-state index contributed by atoms with van der Waals surface area (Å²) in [6, 6.07) is 8.20. The minimum absolute atomic E-state index is 0.162. The summed E-state index contributed by atoms with van der Waals surface area (Å²) in [6.45, 7) is 3.10. The summed E-state index contributed by atoms with van der Waals surface area (Å²) >= 11 is 3.37. The number of rotatable bonds is 3. The monoisotopic (exact) mass is 395 g/mol. The van der Waals surface area contributed by atoms with Crippen LogP contribution in [0.1, 0.15) is 29.3 Å².